The van der Waals surface area contributed by atoms with Gasteiger partial charge in [-0.05, 0) is 97.4 Å². The fraction of sp³-hybridized carbons (Fsp3) is 0. The highest BCUT2D eigenvalue weighted by Crippen LogP contribution is 2.44. The summed E-state index contributed by atoms with van der Waals surface area (Å²) in [6, 6.07) is 80.7. The Morgan fingerprint density at radius 1 is 0.293 bits per heavy atom. The minimum Gasteiger partial charge on any atom is -0.455 e. The van der Waals surface area contributed by atoms with E-state index in [0.29, 0.717) is 0 Å². The predicted octanol–water partition coefficient (Wildman–Crippen LogP) is 16.0. The Balaban J connectivity index is 1.04. The molecular formula is C56H37NO. The molecule has 0 aliphatic heterocycles. The number of fused-ring (bicyclic) bond motifs is 5. The van der Waals surface area contributed by atoms with Crippen LogP contribution in [0, 0.1) is 0 Å². The number of furan rings is 1. The van der Waals surface area contributed by atoms with Crippen LogP contribution in [0.4, 0.5) is 17.1 Å². The van der Waals surface area contributed by atoms with E-state index in [2.05, 4.69) is 217 Å². The number of rotatable bonds is 7. The molecule has 0 radical (unpaired) electrons. The molecule has 0 amide bonds. The zero-order valence-electron chi connectivity index (χ0n) is 31.7. The summed E-state index contributed by atoms with van der Waals surface area (Å²) < 4.78 is 6.45. The van der Waals surface area contributed by atoms with Gasteiger partial charge in [-0.3, -0.25) is 0 Å². The quantitative estimate of drug-likeness (QED) is 0.162. The van der Waals surface area contributed by atoms with Crippen LogP contribution in [0.5, 0.6) is 0 Å². The third-order valence-corrected chi connectivity index (χ3v) is 11.5. The lowest BCUT2D eigenvalue weighted by Crippen LogP contribution is -2.11. The number of anilines is 3. The first kappa shape index (κ1) is 33.6. The van der Waals surface area contributed by atoms with Crippen LogP contribution >= 0.6 is 0 Å². The van der Waals surface area contributed by atoms with Gasteiger partial charge in [-0.25, -0.2) is 0 Å². The molecule has 11 aromatic rings. The van der Waals surface area contributed by atoms with Gasteiger partial charge in [-0.1, -0.05) is 182 Å². The van der Waals surface area contributed by atoms with Gasteiger partial charge in [0.15, 0.2) is 0 Å². The first-order valence-corrected chi connectivity index (χ1v) is 19.8. The second-order valence-corrected chi connectivity index (χ2v) is 14.9. The number of hydrogen-bond donors (Lipinski definition) is 0. The highest BCUT2D eigenvalue weighted by molar-refractivity contribution is 6.09. The van der Waals surface area contributed by atoms with Gasteiger partial charge >= 0.3 is 0 Å². The smallest absolute Gasteiger partial charge is 0.143 e. The van der Waals surface area contributed by atoms with Crippen LogP contribution in [0.25, 0.3) is 88.0 Å². The highest BCUT2D eigenvalue weighted by Gasteiger charge is 2.19. The van der Waals surface area contributed by atoms with E-state index in [1.165, 1.54) is 43.8 Å². The Hall–Kier alpha value is -7.68. The van der Waals surface area contributed by atoms with Crippen LogP contribution < -0.4 is 4.90 Å². The summed E-state index contributed by atoms with van der Waals surface area (Å²) in [6.07, 6.45) is 0. The van der Waals surface area contributed by atoms with Crippen LogP contribution in [-0.2, 0) is 0 Å². The maximum atomic E-state index is 6.45. The Morgan fingerprint density at radius 3 is 1.71 bits per heavy atom. The summed E-state index contributed by atoms with van der Waals surface area (Å²) in [5.41, 5.74) is 14.4. The lowest BCUT2D eigenvalue weighted by atomic mass is 9.95. The van der Waals surface area contributed by atoms with Gasteiger partial charge in [0.1, 0.15) is 11.2 Å². The van der Waals surface area contributed by atoms with Gasteiger partial charge in [-0.15, -0.1) is 0 Å². The van der Waals surface area contributed by atoms with Crippen molar-refractivity contribution in [2.24, 2.45) is 0 Å². The van der Waals surface area contributed by atoms with Crippen molar-refractivity contribution in [1.82, 2.24) is 0 Å². The van der Waals surface area contributed by atoms with Crippen molar-refractivity contribution in [2.75, 3.05) is 4.90 Å². The molecule has 0 atom stereocenters. The van der Waals surface area contributed by atoms with E-state index < -0.39 is 0 Å². The Kier molecular flexibility index (Phi) is 8.19. The zero-order valence-corrected chi connectivity index (χ0v) is 31.7. The van der Waals surface area contributed by atoms with Crippen molar-refractivity contribution < 1.29 is 4.42 Å². The van der Waals surface area contributed by atoms with Gasteiger partial charge < -0.3 is 9.32 Å². The molecule has 11 rings (SSSR count). The van der Waals surface area contributed by atoms with Crippen molar-refractivity contribution in [3.63, 3.8) is 0 Å². The average molecular weight is 740 g/mol. The molecule has 272 valence electrons. The van der Waals surface area contributed by atoms with E-state index in [-0.39, 0.29) is 0 Å². The minimum atomic E-state index is 0.904. The normalized spacial score (nSPS) is 11.4. The summed E-state index contributed by atoms with van der Waals surface area (Å²) in [5, 5.41) is 7.24. The first-order valence-electron chi connectivity index (χ1n) is 19.8. The molecule has 0 unspecified atom stereocenters. The van der Waals surface area contributed by atoms with E-state index >= 15 is 0 Å². The molecular weight excluding hydrogens is 703 g/mol. The summed E-state index contributed by atoms with van der Waals surface area (Å²) in [5.74, 6) is 0. The van der Waals surface area contributed by atoms with Crippen molar-refractivity contribution in [3.8, 4) is 44.5 Å². The van der Waals surface area contributed by atoms with Crippen LogP contribution in [0.1, 0.15) is 0 Å². The third-order valence-electron chi connectivity index (χ3n) is 11.5. The fourth-order valence-electron chi connectivity index (χ4n) is 8.60. The molecule has 0 saturated carbocycles. The van der Waals surface area contributed by atoms with Gasteiger partial charge in [0.25, 0.3) is 0 Å². The number of para-hydroxylation sites is 3. The molecule has 0 aliphatic rings. The van der Waals surface area contributed by atoms with Gasteiger partial charge in [-0.2, -0.15) is 0 Å². The lowest BCUT2D eigenvalue weighted by Gasteiger charge is -2.28. The van der Waals surface area contributed by atoms with E-state index in [4.69, 9.17) is 4.42 Å². The molecule has 0 bridgehead atoms. The maximum absolute atomic E-state index is 6.45. The molecule has 10 aromatic carbocycles. The second-order valence-electron chi connectivity index (χ2n) is 14.9. The van der Waals surface area contributed by atoms with Crippen LogP contribution in [-0.4, -0.2) is 0 Å². The summed E-state index contributed by atoms with van der Waals surface area (Å²) in [6.45, 7) is 0. The molecule has 0 fully saturated rings. The molecule has 0 N–H and O–H groups in total. The van der Waals surface area contributed by atoms with Crippen LogP contribution in [0.2, 0.25) is 0 Å². The topological polar surface area (TPSA) is 16.4 Å². The zero-order chi connectivity index (χ0) is 38.4. The third kappa shape index (κ3) is 5.91. The lowest BCUT2D eigenvalue weighted by molar-refractivity contribution is 0.670. The number of hydrogen-bond acceptors (Lipinski definition) is 2. The Labute approximate surface area is 337 Å². The van der Waals surface area contributed by atoms with Crippen molar-refractivity contribution in [3.05, 3.63) is 224 Å². The molecule has 2 heteroatoms. The monoisotopic (exact) mass is 739 g/mol. The number of benzene rings is 10. The molecule has 1 aromatic heterocycles. The molecule has 1 heterocycles. The number of nitrogens with zero attached hydrogens (tertiary/aromatic N) is 1. The standard InChI is InChI=1S/C56H37NO/c1-2-14-43-36-45(31-26-38(43)12-1)44-16-9-17-47(37-44)57(46-34-32-42(33-35-46)51-22-11-23-53-52-20-6-8-25-55(52)58-56(51)53)54-24-7-5-19-50(54)41-29-27-40(28-30-41)49-21-10-15-39-13-3-4-18-48(39)49/h1-37H. The summed E-state index contributed by atoms with van der Waals surface area (Å²) in [7, 11) is 0. The molecule has 58 heavy (non-hydrogen) atoms. The first-order chi connectivity index (χ1) is 28.7. The molecule has 2 nitrogen and oxygen atoms in total. The molecule has 0 aliphatic carbocycles. The van der Waals surface area contributed by atoms with Gasteiger partial charge in [0.05, 0.1) is 5.69 Å². The fourth-order valence-corrected chi connectivity index (χ4v) is 8.60. The molecule has 0 spiro atoms. The van der Waals surface area contributed by atoms with Crippen LogP contribution in [0.15, 0.2) is 229 Å². The summed E-state index contributed by atoms with van der Waals surface area (Å²) >= 11 is 0. The van der Waals surface area contributed by atoms with E-state index in [0.717, 1.165) is 61.3 Å². The highest BCUT2D eigenvalue weighted by atomic mass is 16.3. The SMILES string of the molecule is c1cc(-c2ccc3ccccc3c2)cc(N(c2ccc(-c3cccc4c3oc3ccccc34)cc2)c2ccccc2-c2ccc(-c3cccc4ccccc34)cc2)c1. The average Bonchev–Trinajstić information content (AvgIpc) is 3.69. The predicted molar refractivity (Wildman–Crippen MR) is 245 cm³/mol. The van der Waals surface area contributed by atoms with E-state index in [1.807, 2.05) is 12.1 Å². The van der Waals surface area contributed by atoms with Crippen molar-refractivity contribution in [2.45, 2.75) is 0 Å². The van der Waals surface area contributed by atoms with Gasteiger partial charge in [0, 0.05) is 33.3 Å². The second kappa shape index (κ2) is 14.1. The Bertz CT molecular complexity index is 3280. The minimum absolute atomic E-state index is 0.904. The van der Waals surface area contributed by atoms with Gasteiger partial charge in [0.2, 0.25) is 0 Å². The summed E-state index contributed by atoms with van der Waals surface area (Å²) in [4.78, 5) is 2.39. The Morgan fingerprint density at radius 2 is 0.845 bits per heavy atom. The van der Waals surface area contributed by atoms with Crippen LogP contribution in [0.3, 0.4) is 0 Å². The van der Waals surface area contributed by atoms with Crippen molar-refractivity contribution in [1.29, 1.82) is 0 Å². The largest absolute Gasteiger partial charge is 0.455 e. The molecule has 0 saturated heterocycles. The van der Waals surface area contributed by atoms with Crippen molar-refractivity contribution >= 4 is 60.5 Å². The van der Waals surface area contributed by atoms with E-state index in [1.54, 1.807) is 0 Å². The maximum Gasteiger partial charge on any atom is 0.143 e. The van der Waals surface area contributed by atoms with E-state index in [9.17, 15) is 0 Å².